The van der Waals surface area contributed by atoms with Crippen molar-refractivity contribution in [2.24, 2.45) is 0 Å². The summed E-state index contributed by atoms with van der Waals surface area (Å²) in [7, 11) is 0. The molecule has 1 amide bonds. The number of thiazole rings is 1. The average molecular weight is 456 g/mol. The van der Waals surface area contributed by atoms with Crippen molar-refractivity contribution >= 4 is 44.4 Å². The average Bonchev–Trinajstić information content (AvgIpc) is 3.22. The number of pyridine rings is 1. The standard InChI is InChI=1S/C23H19F2N3OS2/c24-17-6-8-18(9-7-17)30-14-2-5-21(29)28(15-16-10-12-26-13-11-16)23-27-22-19(25)3-1-4-20(22)31-23/h1,3-4,6-13H,2,5,14-15H2. The molecule has 0 bridgehead atoms. The topological polar surface area (TPSA) is 46.1 Å². The molecule has 8 heteroatoms. The van der Waals surface area contributed by atoms with Gasteiger partial charge in [0, 0.05) is 23.7 Å². The van der Waals surface area contributed by atoms with Gasteiger partial charge >= 0.3 is 0 Å². The first-order chi connectivity index (χ1) is 15.1. The molecule has 0 spiro atoms. The summed E-state index contributed by atoms with van der Waals surface area (Å²) in [4.78, 5) is 24.1. The van der Waals surface area contributed by atoms with Crippen molar-refractivity contribution in [2.45, 2.75) is 24.3 Å². The van der Waals surface area contributed by atoms with Gasteiger partial charge in [0.05, 0.1) is 11.2 Å². The molecule has 0 aliphatic carbocycles. The number of amides is 1. The van der Waals surface area contributed by atoms with Crippen LogP contribution in [0.3, 0.4) is 0 Å². The molecule has 0 atom stereocenters. The molecule has 0 aliphatic rings. The fourth-order valence-electron chi connectivity index (χ4n) is 3.03. The highest BCUT2D eigenvalue weighted by Gasteiger charge is 2.21. The molecule has 158 valence electrons. The minimum Gasteiger partial charge on any atom is -0.284 e. The number of carbonyl (C=O) groups is 1. The first-order valence-electron chi connectivity index (χ1n) is 9.73. The number of carbonyl (C=O) groups excluding carboxylic acids is 1. The second-order valence-corrected chi connectivity index (χ2v) is 9.00. The molecule has 2 heterocycles. The Bertz CT molecular complexity index is 1170. The van der Waals surface area contributed by atoms with Gasteiger partial charge in [-0.1, -0.05) is 17.4 Å². The van der Waals surface area contributed by atoms with E-state index in [1.54, 1.807) is 53.3 Å². The SMILES string of the molecule is O=C(CCCSc1ccc(F)cc1)N(Cc1ccncc1)c1nc2c(F)cccc2s1. The van der Waals surface area contributed by atoms with Crippen molar-refractivity contribution in [3.8, 4) is 0 Å². The zero-order valence-corrected chi connectivity index (χ0v) is 18.1. The Morgan fingerprint density at radius 1 is 1.03 bits per heavy atom. The third-order valence-electron chi connectivity index (χ3n) is 4.60. The van der Waals surface area contributed by atoms with Crippen molar-refractivity contribution in [1.29, 1.82) is 0 Å². The molecule has 31 heavy (non-hydrogen) atoms. The van der Waals surface area contributed by atoms with Crippen molar-refractivity contribution in [3.05, 3.63) is 84.2 Å². The second-order valence-electron chi connectivity index (χ2n) is 6.82. The van der Waals surface area contributed by atoms with Crippen LogP contribution in [0.1, 0.15) is 18.4 Å². The van der Waals surface area contributed by atoms with E-state index in [0.29, 0.717) is 29.2 Å². The molecule has 4 aromatic rings. The van der Waals surface area contributed by atoms with E-state index in [4.69, 9.17) is 0 Å². The second kappa shape index (κ2) is 9.98. The van der Waals surface area contributed by atoms with Gasteiger partial charge in [0.1, 0.15) is 17.2 Å². The molecule has 0 fully saturated rings. The molecule has 0 saturated heterocycles. The first-order valence-corrected chi connectivity index (χ1v) is 11.5. The summed E-state index contributed by atoms with van der Waals surface area (Å²) < 4.78 is 27.9. The normalized spacial score (nSPS) is 11.0. The summed E-state index contributed by atoms with van der Waals surface area (Å²) in [6.45, 7) is 0.341. The summed E-state index contributed by atoms with van der Waals surface area (Å²) in [6, 6.07) is 14.8. The summed E-state index contributed by atoms with van der Waals surface area (Å²) in [5, 5.41) is 0.480. The molecular weight excluding hydrogens is 436 g/mol. The monoisotopic (exact) mass is 455 g/mol. The van der Waals surface area contributed by atoms with E-state index in [1.807, 2.05) is 12.1 Å². The van der Waals surface area contributed by atoms with Gasteiger partial charge in [0.15, 0.2) is 5.13 Å². The Kier molecular flexibility index (Phi) is 6.89. The van der Waals surface area contributed by atoms with Crippen LogP contribution in [0.2, 0.25) is 0 Å². The Balaban J connectivity index is 1.47. The molecule has 0 saturated carbocycles. The smallest absolute Gasteiger partial charge is 0.229 e. The van der Waals surface area contributed by atoms with E-state index in [-0.39, 0.29) is 17.2 Å². The van der Waals surface area contributed by atoms with Crippen LogP contribution in [0.4, 0.5) is 13.9 Å². The maximum Gasteiger partial charge on any atom is 0.229 e. The van der Waals surface area contributed by atoms with Gasteiger partial charge in [0.25, 0.3) is 0 Å². The van der Waals surface area contributed by atoms with Gasteiger partial charge in [0.2, 0.25) is 5.91 Å². The molecule has 4 rings (SSSR count). The summed E-state index contributed by atoms with van der Waals surface area (Å²) in [5.41, 5.74) is 1.20. The quantitative estimate of drug-likeness (QED) is 0.239. The number of aromatic nitrogens is 2. The number of hydrogen-bond acceptors (Lipinski definition) is 5. The number of benzene rings is 2. The molecule has 0 radical (unpaired) electrons. The summed E-state index contributed by atoms with van der Waals surface area (Å²) in [5.74, 6) is -0.00359. The van der Waals surface area contributed by atoms with E-state index >= 15 is 0 Å². The molecule has 4 nitrogen and oxygen atoms in total. The molecule has 0 unspecified atom stereocenters. The Morgan fingerprint density at radius 2 is 1.81 bits per heavy atom. The van der Waals surface area contributed by atoms with Gasteiger partial charge in [-0.15, -0.1) is 11.8 Å². The zero-order valence-electron chi connectivity index (χ0n) is 16.5. The molecular formula is C23H19F2N3OS2. The molecule has 0 N–H and O–H groups in total. The predicted octanol–water partition coefficient (Wildman–Crippen LogP) is 6.08. The van der Waals surface area contributed by atoms with E-state index in [9.17, 15) is 13.6 Å². The van der Waals surface area contributed by atoms with Crippen LogP contribution in [0.5, 0.6) is 0 Å². The van der Waals surface area contributed by atoms with Crippen molar-refractivity contribution in [2.75, 3.05) is 10.7 Å². The number of rotatable bonds is 8. The number of thioether (sulfide) groups is 1. The third-order valence-corrected chi connectivity index (χ3v) is 6.74. The van der Waals surface area contributed by atoms with E-state index < -0.39 is 5.82 Å². The van der Waals surface area contributed by atoms with Crippen LogP contribution in [-0.2, 0) is 11.3 Å². The van der Waals surface area contributed by atoms with Crippen LogP contribution in [0.25, 0.3) is 10.2 Å². The Labute approximate surface area is 187 Å². The molecule has 2 aromatic heterocycles. The minimum absolute atomic E-state index is 0.0732. The van der Waals surface area contributed by atoms with Gasteiger partial charge < -0.3 is 0 Å². The lowest BCUT2D eigenvalue weighted by molar-refractivity contribution is -0.118. The number of halogens is 2. The van der Waals surface area contributed by atoms with Crippen molar-refractivity contribution in [3.63, 3.8) is 0 Å². The highest BCUT2D eigenvalue weighted by molar-refractivity contribution is 7.99. The Morgan fingerprint density at radius 3 is 2.55 bits per heavy atom. The van der Waals surface area contributed by atoms with Gasteiger partial charge in [-0.05, 0) is 66.3 Å². The number of hydrogen-bond donors (Lipinski definition) is 0. The number of fused-ring (bicyclic) bond motifs is 1. The molecule has 0 aliphatic heterocycles. The van der Waals surface area contributed by atoms with Gasteiger partial charge in [-0.25, -0.2) is 13.8 Å². The van der Waals surface area contributed by atoms with Crippen LogP contribution in [-0.4, -0.2) is 21.6 Å². The summed E-state index contributed by atoms with van der Waals surface area (Å²) >= 11 is 2.88. The fraction of sp³-hybridized carbons (Fsp3) is 0.174. The first kappa shape index (κ1) is 21.4. The minimum atomic E-state index is -0.396. The maximum atomic E-state index is 14.1. The van der Waals surface area contributed by atoms with Crippen LogP contribution in [0.15, 0.2) is 71.9 Å². The largest absolute Gasteiger partial charge is 0.284 e. The van der Waals surface area contributed by atoms with E-state index in [2.05, 4.69) is 9.97 Å². The lowest BCUT2D eigenvalue weighted by atomic mass is 10.2. The lowest BCUT2D eigenvalue weighted by Crippen LogP contribution is -2.30. The van der Waals surface area contributed by atoms with Crippen LogP contribution < -0.4 is 4.90 Å². The zero-order chi connectivity index (χ0) is 21.6. The van der Waals surface area contributed by atoms with Crippen molar-refractivity contribution < 1.29 is 13.6 Å². The number of para-hydroxylation sites is 1. The summed E-state index contributed by atoms with van der Waals surface area (Å²) in [6.07, 6.45) is 4.34. The highest BCUT2D eigenvalue weighted by Crippen LogP contribution is 2.32. The van der Waals surface area contributed by atoms with Crippen LogP contribution in [0, 0.1) is 11.6 Å². The fourth-order valence-corrected chi connectivity index (χ4v) is 4.88. The van der Waals surface area contributed by atoms with Gasteiger partial charge in [-0.2, -0.15) is 0 Å². The van der Waals surface area contributed by atoms with Gasteiger partial charge in [-0.3, -0.25) is 14.7 Å². The number of anilines is 1. The number of nitrogens with zero attached hydrogens (tertiary/aromatic N) is 3. The van der Waals surface area contributed by atoms with E-state index in [1.165, 1.54) is 29.5 Å². The highest BCUT2D eigenvalue weighted by atomic mass is 32.2. The third kappa shape index (κ3) is 5.45. The van der Waals surface area contributed by atoms with E-state index in [0.717, 1.165) is 16.2 Å². The van der Waals surface area contributed by atoms with Crippen molar-refractivity contribution in [1.82, 2.24) is 9.97 Å². The predicted molar refractivity (Wildman–Crippen MR) is 121 cm³/mol. The maximum absolute atomic E-state index is 14.1. The van der Waals surface area contributed by atoms with Crippen LogP contribution >= 0.6 is 23.1 Å². The Hall–Kier alpha value is -2.84. The lowest BCUT2D eigenvalue weighted by Gasteiger charge is -2.20. The molecule has 2 aromatic carbocycles.